The summed E-state index contributed by atoms with van der Waals surface area (Å²) >= 11 is 5.97. The first kappa shape index (κ1) is 15.3. The number of alkyl halides is 2. The van der Waals surface area contributed by atoms with Crippen molar-refractivity contribution >= 4 is 28.3 Å². The number of hydrogen-bond acceptors (Lipinski definition) is 5. The van der Waals surface area contributed by atoms with E-state index in [0.717, 1.165) is 0 Å². The van der Waals surface area contributed by atoms with E-state index in [2.05, 4.69) is 9.97 Å². The molecule has 1 aliphatic rings. The highest BCUT2D eigenvalue weighted by Crippen LogP contribution is 2.34. The minimum absolute atomic E-state index is 0.176. The Balaban J connectivity index is 2.02. The van der Waals surface area contributed by atoms with Gasteiger partial charge in [-0.25, -0.2) is 18.7 Å². The average molecular weight is 330 g/mol. The molecule has 1 aromatic heterocycles. The van der Waals surface area contributed by atoms with E-state index in [1.165, 1.54) is 7.11 Å². The van der Waals surface area contributed by atoms with Crippen molar-refractivity contribution in [2.45, 2.75) is 12.0 Å². The molecule has 2 aromatic rings. The molecule has 0 amide bonds. The van der Waals surface area contributed by atoms with Gasteiger partial charge in [-0.05, 0) is 18.2 Å². The zero-order valence-corrected chi connectivity index (χ0v) is 12.5. The second-order valence-corrected chi connectivity index (χ2v) is 5.82. The van der Waals surface area contributed by atoms with Crippen molar-refractivity contribution in [2.24, 2.45) is 0 Å². The summed E-state index contributed by atoms with van der Waals surface area (Å²) in [4.78, 5) is 9.51. The van der Waals surface area contributed by atoms with Crippen LogP contribution in [-0.4, -0.2) is 47.5 Å². The van der Waals surface area contributed by atoms with Crippen LogP contribution in [0.4, 0.5) is 14.6 Å². The zero-order chi connectivity index (χ0) is 15.9. The van der Waals surface area contributed by atoms with Crippen LogP contribution in [-0.2, 0) is 4.74 Å². The molecule has 1 fully saturated rings. The highest BCUT2D eigenvalue weighted by atomic mass is 35.5. The molecule has 1 N–H and O–H groups in total. The molecule has 0 spiro atoms. The number of β-amino-alcohol motifs (C(OH)–C–C–N with tert-alkyl or cyclic N) is 1. The number of aliphatic hydroxyl groups is 1. The highest BCUT2D eigenvalue weighted by molar-refractivity contribution is 6.31. The number of hydrogen-bond donors (Lipinski definition) is 1. The van der Waals surface area contributed by atoms with Crippen molar-refractivity contribution in [2.75, 3.05) is 31.7 Å². The van der Waals surface area contributed by atoms with Gasteiger partial charge in [-0.2, -0.15) is 0 Å². The van der Waals surface area contributed by atoms with E-state index in [1.54, 1.807) is 23.1 Å². The minimum Gasteiger partial charge on any atom is -0.384 e. The third-order valence-electron chi connectivity index (χ3n) is 3.53. The summed E-state index contributed by atoms with van der Waals surface area (Å²) in [6, 6.07) is 4.80. The molecular weight excluding hydrogens is 316 g/mol. The molecule has 8 heteroatoms. The molecule has 1 aromatic carbocycles. The second-order valence-electron chi connectivity index (χ2n) is 5.38. The van der Waals surface area contributed by atoms with Crippen molar-refractivity contribution in [3.63, 3.8) is 0 Å². The van der Waals surface area contributed by atoms with Gasteiger partial charge >= 0.3 is 0 Å². The molecule has 1 aliphatic heterocycles. The molecule has 118 valence electrons. The lowest BCUT2D eigenvalue weighted by Gasteiger charge is -2.46. The summed E-state index contributed by atoms with van der Waals surface area (Å²) in [5.41, 5.74) is -0.595. The summed E-state index contributed by atoms with van der Waals surface area (Å²) in [6.45, 7) is 0.680. The van der Waals surface area contributed by atoms with Gasteiger partial charge in [0.05, 0.1) is 25.2 Å². The Morgan fingerprint density at radius 1 is 1.41 bits per heavy atom. The lowest BCUT2D eigenvalue weighted by Crippen LogP contribution is -2.64. The Bertz CT molecular complexity index is 708. The number of halogens is 3. The van der Waals surface area contributed by atoms with E-state index in [9.17, 15) is 13.9 Å². The molecule has 22 heavy (non-hydrogen) atoms. The molecule has 2 heterocycles. The van der Waals surface area contributed by atoms with Crippen LogP contribution in [0.2, 0.25) is 5.02 Å². The largest absolute Gasteiger partial charge is 0.384 e. The van der Waals surface area contributed by atoms with Crippen molar-refractivity contribution < 1.29 is 18.6 Å². The number of fused-ring (bicyclic) bond motifs is 1. The number of ether oxygens (including phenoxy) is 1. The number of anilines is 1. The topological polar surface area (TPSA) is 58.5 Å². The van der Waals surface area contributed by atoms with E-state index in [1.807, 2.05) is 0 Å². The van der Waals surface area contributed by atoms with E-state index in [4.69, 9.17) is 16.3 Å². The summed E-state index contributed by atoms with van der Waals surface area (Å²) in [5, 5.41) is 11.2. The summed E-state index contributed by atoms with van der Waals surface area (Å²) in [6.07, 6.45) is -2.77. The average Bonchev–Trinajstić information content (AvgIpc) is 2.43. The predicted octanol–water partition coefficient (Wildman–Crippen LogP) is 2.42. The summed E-state index contributed by atoms with van der Waals surface area (Å²) < 4.78 is 30.9. The first-order valence-electron chi connectivity index (χ1n) is 6.63. The van der Waals surface area contributed by atoms with Gasteiger partial charge in [-0.1, -0.05) is 11.6 Å². The van der Waals surface area contributed by atoms with E-state index in [-0.39, 0.29) is 19.7 Å². The number of benzene rings is 1. The lowest BCUT2D eigenvalue weighted by molar-refractivity contribution is -0.0505. The van der Waals surface area contributed by atoms with E-state index < -0.39 is 17.9 Å². The van der Waals surface area contributed by atoms with Gasteiger partial charge in [0, 0.05) is 17.5 Å². The van der Waals surface area contributed by atoms with Crippen LogP contribution >= 0.6 is 11.6 Å². The van der Waals surface area contributed by atoms with Crippen LogP contribution in [0.5, 0.6) is 0 Å². The smallest absolute Gasteiger partial charge is 0.297 e. The Morgan fingerprint density at radius 3 is 2.77 bits per heavy atom. The lowest BCUT2D eigenvalue weighted by atomic mass is 9.95. The third-order valence-corrected chi connectivity index (χ3v) is 3.77. The Labute approximate surface area is 130 Å². The molecule has 0 unspecified atom stereocenters. The van der Waals surface area contributed by atoms with E-state index in [0.29, 0.717) is 21.7 Å². The van der Waals surface area contributed by atoms with Gasteiger partial charge in [-0.3, -0.25) is 0 Å². The standard InChI is InChI=1S/C14H14ClF2N3O2/c1-22-7-14(21)5-20(6-14)13-9-4-8(15)2-3-10(9)18-12(19-13)11(16)17/h2-4,11,21H,5-7H2,1H3. The second kappa shape index (κ2) is 5.57. The normalized spacial score (nSPS) is 17.1. The number of rotatable bonds is 4. The van der Waals surface area contributed by atoms with Crippen LogP contribution in [0.25, 0.3) is 10.9 Å². The fraction of sp³-hybridized carbons (Fsp3) is 0.429. The first-order valence-corrected chi connectivity index (χ1v) is 7.01. The molecule has 5 nitrogen and oxygen atoms in total. The van der Waals surface area contributed by atoms with Crippen LogP contribution in [0.15, 0.2) is 18.2 Å². The van der Waals surface area contributed by atoms with Crippen LogP contribution < -0.4 is 4.90 Å². The minimum atomic E-state index is -2.77. The number of aromatic nitrogens is 2. The van der Waals surface area contributed by atoms with Gasteiger partial charge < -0.3 is 14.7 Å². The Kier molecular flexibility index (Phi) is 3.88. The summed E-state index contributed by atoms with van der Waals surface area (Å²) in [5.74, 6) is -0.185. The molecular formula is C14H14ClF2N3O2. The van der Waals surface area contributed by atoms with Crippen molar-refractivity contribution in [1.82, 2.24) is 9.97 Å². The molecule has 0 aliphatic carbocycles. The Morgan fingerprint density at radius 2 is 2.14 bits per heavy atom. The van der Waals surface area contributed by atoms with Crippen LogP contribution in [0.3, 0.4) is 0 Å². The third kappa shape index (κ3) is 2.71. The predicted molar refractivity (Wildman–Crippen MR) is 78.5 cm³/mol. The molecule has 1 saturated heterocycles. The molecule has 0 radical (unpaired) electrons. The molecule has 0 atom stereocenters. The number of methoxy groups -OCH3 is 1. The van der Waals surface area contributed by atoms with Gasteiger partial charge in [-0.15, -0.1) is 0 Å². The van der Waals surface area contributed by atoms with Crippen molar-refractivity contribution in [1.29, 1.82) is 0 Å². The first-order chi connectivity index (χ1) is 10.4. The Hall–Kier alpha value is -1.57. The quantitative estimate of drug-likeness (QED) is 0.933. The zero-order valence-electron chi connectivity index (χ0n) is 11.8. The molecule has 3 rings (SSSR count). The van der Waals surface area contributed by atoms with Crippen LogP contribution in [0.1, 0.15) is 12.2 Å². The SMILES string of the molecule is COCC1(O)CN(c2nc(C(F)F)nc3ccc(Cl)cc23)C1. The van der Waals surface area contributed by atoms with Gasteiger partial charge in [0.15, 0.2) is 5.82 Å². The number of nitrogens with zero attached hydrogens (tertiary/aromatic N) is 3. The van der Waals surface area contributed by atoms with Gasteiger partial charge in [0.2, 0.25) is 0 Å². The maximum atomic E-state index is 13.0. The molecule has 0 saturated carbocycles. The van der Waals surface area contributed by atoms with Crippen molar-refractivity contribution in [3.05, 3.63) is 29.0 Å². The van der Waals surface area contributed by atoms with Crippen LogP contribution in [0, 0.1) is 0 Å². The van der Waals surface area contributed by atoms with Gasteiger partial charge in [0.25, 0.3) is 6.43 Å². The maximum Gasteiger partial charge on any atom is 0.297 e. The fourth-order valence-corrected chi connectivity index (χ4v) is 2.79. The van der Waals surface area contributed by atoms with Gasteiger partial charge in [0.1, 0.15) is 11.4 Å². The van der Waals surface area contributed by atoms with E-state index >= 15 is 0 Å². The van der Waals surface area contributed by atoms with Crippen molar-refractivity contribution in [3.8, 4) is 0 Å². The fourth-order valence-electron chi connectivity index (χ4n) is 2.61. The highest BCUT2D eigenvalue weighted by Gasteiger charge is 2.42. The monoisotopic (exact) mass is 329 g/mol. The maximum absolute atomic E-state index is 13.0. The molecule has 0 bridgehead atoms. The summed E-state index contributed by atoms with van der Waals surface area (Å²) in [7, 11) is 1.50.